The minimum absolute atomic E-state index is 0.955. The third-order valence-corrected chi connectivity index (χ3v) is 4.16. The smallest absolute Gasteiger partial charge is 0.00597 e. The largest absolute Gasteiger partial charge is 0.0925 e. The van der Waals surface area contributed by atoms with Crippen molar-refractivity contribution in [2.24, 2.45) is 11.8 Å². The van der Waals surface area contributed by atoms with Gasteiger partial charge in [0.25, 0.3) is 0 Å². The summed E-state index contributed by atoms with van der Waals surface area (Å²) in [6.45, 7) is 0. The summed E-state index contributed by atoms with van der Waals surface area (Å²) in [5.74, 6) is 1.91. The van der Waals surface area contributed by atoms with Crippen LogP contribution in [0.1, 0.15) is 25.7 Å². The molecule has 0 saturated heterocycles. The molecule has 0 heterocycles. The summed E-state index contributed by atoms with van der Waals surface area (Å²) in [5.41, 5.74) is 0. The van der Waals surface area contributed by atoms with Crippen molar-refractivity contribution >= 4 is 31.9 Å². The minimum atomic E-state index is 0.955. The van der Waals surface area contributed by atoms with Crippen LogP contribution in [-0.4, -0.2) is 10.7 Å². The number of rotatable bonds is 2. The Morgan fingerprint density at radius 3 is 1.90 bits per heavy atom. The molecule has 0 bridgehead atoms. The van der Waals surface area contributed by atoms with E-state index in [2.05, 4.69) is 31.9 Å². The average molecular weight is 270 g/mol. The van der Waals surface area contributed by atoms with Crippen molar-refractivity contribution in [2.75, 3.05) is 10.7 Å². The van der Waals surface area contributed by atoms with Crippen LogP contribution in [0.3, 0.4) is 0 Å². The molecule has 0 aromatic carbocycles. The fourth-order valence-corrected chi connectivity index (χ4v) is 2.86. The third-order valence-electron chi connectivity index (χ3n) is 2.33. The highest BCUT2D eigenvalue weighted by atomic mass is 79.9. The van der Waals surface area contributed by atoms with E-state index in [0.717, 1.165) is 11.8 Å². The van der Waals surface area contributed by atoms with Crippen LogP contribution in [0.15, 0.2) is 0 Å². The molecular weight excluding hydrogens is 256 g/mol. The second-order valence-electron chi connectivity index (χ2n) is 3.21. The van der Waals surface area contributed by atoms with E-state index in [1.807, 2.05) is 0 Å². The Kier molecular flexibility index (Phi) is 4.31. The summed E-state index contributed by atoms with van der Waals surface area (Å²) >= 11 is 7.10. The number of alkyl halides is 2. The van der Waals surface area contributed by atoms with Gasteiger partial charge >= 0.3 is 0 Å². The molecule has 1 fully saturated rings. The minimum Gasteiger partial charge on any atom is -0.0925 e. The molecule has 1 rings (SSSR count). The van der Waals surface area contributed by atoms with Gasteiger partial charge in [-0.25, -0.2) is 0 Å². The molecule has 1 aliphatic carbocycles. The zero-order valence-electron chi connectivity index (χ0n) is 6.15. The van der Waals surface area contributed by atoms with Crippen LogP contribution < -0.4 is 0 Å². The summed E-state index contributed by atoms with van der Waals surface area (Å²) in [4.78, 5) is 0. The average Bonchev–Trinajstić information content (AvgIpc) is 2.05. The van der Waals surface area contributed by atoms with Crippen molar-refractivity contribution in [3.63, 3.8) is 0 Å². The summed E-state index contributed by atoms with van der Waals surface area (Å²) in [6.07, 6.45) is 5.74. The second kappa shape index (κ2) is 4.76. The molecule has 0 nitrogen and oxygen atoms in total. The Labute approximate surface area is 80.0 Å². The number of hydrogen-bond donors (Lipinski definition) is 0. The van der Waals surface area contributed by atoms with Gasteiger partial charge in [-0.3, -0.25) is 0 Å². The lowest BCUT2D eigenvalue weighted by Gasteiger charge is -2.26. The lowest BCUT2D eigenvalue weighted by molar-refractivity contribution is 0.311. The maximum absolute atomic E-state index is 3.55. The molecule has 1 aliphatic rings. The zero-order valence-corrected chi connectivity index (χ0v) is 9.33. The molecule has 2 heteroatoms. The van der Waals surface area contributed by atoms with Crippen molar-refractivity contribution in [2.45, 2.75) is 25.7 Å². The molecule has 0 spiro atoms. The van der Waals surface area contributed by atoms with Gasteiger partial charge in [-0.1, -0.05) is 38.3 Å². The van der Waals surface area contributed by atoms with E-state index in [1.165, 1.54) is 36.3 Å². The molecule has 0 aromatic rings. The Balaban J connectivity index is 2.25. The van der Waals surface area contributed by atoms with Crippen LogP contribution in [-0.2, 0) is 0 Å². The van der Waals surface area contributed by atoms with Gasteiger partial charge < -0.3 is 0 Å². The van der Waals surface area contributed by atoms with E-state index in [0.29, 0.717) is 0 Å². The molecule has 0 N–H and O–H groups in total. The first-order valence-corrected chi connectivity index (χ1v) is 6.23. The van der Waals surface area contributed by atoms with Crippen molar-refractivity contribution < 1.29 is 0 Å². The van der Waals surface area contributed by atoms with Gasteiger partial charge in [0.15, 0.2) is 0 Å². The molecule has 1 saturated carbocycles. The molecule has 2 atom stereocenters. The summed E-state index contributed by atoms with van der Waals surface area (Å²) in [6, 6.07) is 0. The van der Waals surface area contributed by atoms with Gasteiger partial charge in [0.05, 0.1) is 0 Å². The SMILES string of the molecule is BrCC1CCC[C@@H](CBr)C1. The predicted molar refractivity (Wildman–Crippen MR) is 53.0 cm³/mol. The summed E-state index contributed by atoms with van der Waals surface area (Å²) in [7, 11) is 0. The van der Waals surface area contributed by atoms with Crippen LogP contribution in [0.2, 0.25) is 0 Å². The van der Waals surface area contributed by atoms with Crippen molar-refractivity contribution in [3.05, 3.63) is 0 Å². The maximum atomic E-state index is 3.55. The molecule has 1 unspecified atom stereocenters. The fourth-order valence-electron chi connectivity index (χ4n) is 1.68. The highest BCUT2D eigenvalue weighted by Gasteiger charge is 2.19. The molecule has 0 aromatic heterocycles. The van der Waals surface area contributed by atoms with Gasteiger partial charge in [0, 0.05) is 10.7 Å². The lowest BCUT2D eigenvalue weighted by Crippen LogP contribution is -2.17. The van der Waals surface area contributed by atoms with E-state index < -0.39 is 0 Å². The van der Waals surface area contributed by atoms with Gasteiger partial charge in [-0.05, 0) is 31.1 Å². The highest BCUT2D eigenvalue weighted by Crippen LogP contribution is 2.30. The molecule has 0 amide bonds. The molecule has 60 valence electrons. The van der Waals surface area contributed by atoms with Crippen molar-refractivity contribution in [1.29, 1.82) is 0 Å². The van der Waals surface area contributed by atoms with Gasteiger partial charge in [-0.2, -0.15) is 0 Å². The van der Waals surface area contributed by atoms with E-state index in [1.54, 1.807) is 0 Å². The predicted octanol–water partition coefficient (Wildman–Crippen LogP) is 3.58. The maximum Gasteiger partial charge on any atom is 0.00597 e. The second-order valence-corrected chi connectivity index (χ2v) is 4.50. The van der Waals surface area contributed by atoms with Gasteiger partial charge in [0.2, 0.25) is 0 Å². The first-order valence-electron chi connectivity index (χ1n) is 3.98. The first kappa shape index (κ1) is 9.05. The van der Waals surface area contributed by atoms with Gasteiger partial charge in [0.1, 0.15) is 0 Å². The van der Waals surface area contributed by atoms with Crippen LogP contribution >= 0.6 is 31.9 Å². The molecular formula is C8H14Br2. The monoisotopic (exact) mass is 268 g/mol. The third kappa shape index (κ3) is 2.54. The number of hydrogen-bond acceptors (Lipinski definition) is 0. The zero-order chi connectivity index (χ0) is 7.40. The van der Waals surface area contributed by atoms with E-state index in [-0.39, 0.29) is 0 Å². The summed E-state index contributed by atoms with van der Waals surface area (Å²) in [5, 5.41) is 2.41. The van der Waals surface area contributed by atoms with Gasteiger partial charge in [-0.15, -0.1) is 0 Å². The quantitative estimate of drug-likeness (QED) is 0.673. The van der Waals surface area contributed by atoms with Crippen molar-refractivity contribution in [1.82, 2.24) is 0 Å². The normalized spacial score (nSPS) is 34.2. The lowest BCUT2D eigenvalue weighted by atomic mass is 9.84. The summed E-state index contributed by atoms with van der Waals surface area (Å²) < 4.78 is 0. The first-order chi connectivity index (χ1) is 4.86. The molecule has 0 aliphatic heterocycles. The standard InChI is InChI=1S/C8H14Br2/c9-5-7-2-1-3-8(4-7)6-10/h7-8H,1-6H2/t7-,8?/m1/s1. The van der Waals surface area contributed by atoms with Crippen LogP contribution in [0.25, 0.3) is 0 Å². The topological polar surface area (TPSA) is 0 Å². The van der Waals surface area contributed by atoms with E-state index in [4.69, 9.17) is 0 Å². The van der Waals surface area contributed by atoms with Crippen LogP contribution in [0.4, 0.5) is 0 Å². The van der Waals surface area contributed by atoms with E-state index >= 15 is 0 Å². The molecule has 0 radical (unpaired) electrons. The van der Waals surface area contributed by atoms with Crippen molar-refractivity contribution in [3.8, 4) is 0 Å². The Bertz CT molecular complexity index is 83.3. The Hall–Kier alpha value is 0.960. The van der Waals surface area contributed by atoms with Crippen LogP contribution in [0.5, 0.6) is 0 Å². The van der Waals surface area contributed by atoms with E-state index in [9.17, 15) is 0 Å². The molecule has 10 heavy (non-hydrogen) atoms. The Morgan fingerprint density at radius 1 is 1.00 bits per heavy atom. The Morgan fingerprint density at radius 2 is 1.50 bits per heavy atom. The highest BCUT2D eigenvalue weighted by molar-refractivity contribution is 9.09. The van der Waals surface area contributed by atoms with Crippen LogP contribution in [0, 0.1) is 11.8 Å². The fraction of sp³-hybridized carbons (Fsp3) is 1.00. The number of halogens is 2.